The molecular weight excluding hydrogens is 229 g/mol. The van der Waals surface area contributed by atoms with E-state index in [9.17, 15) is 13.2 Å². The third kappa shape index (κ3) is 2.72. The van der Waals surface area contributed by atoms with Gasteiger partial charge in [-0.05, 0) is 31.2 Å². The Bertz CT molecular complexity index is 372. The molecule has 0 saturated carbocycles. The fourth-order valence-electron chi connectivity index (χ4n) is 2.07. The van der Waals surface area contributed by atoms with Gasteiger partial charge in [-0.25, -0.2) is 0 Å². The zero-order valence-corrected chi connectivity index (χ0v) is 9.59. The highest BCUT2D eigenvalue weighted by Gasteiger charge is 2.30. The highest BCUT2D eigenvalue weighted by atomic mass is 19.4. The number of benzene rings is 1. The SMILES string of the molecule is C[C@H]1CNCCN1c1ccc(C(F)(F)F)cc1. The summed E-state index contributed by atoms with van der Waals surface area (Å²) in [6, 6.07) is 5.68. The van der Waals surface area contributed by atoms with Crippen LogP contribution in [-0.4, -0.2) is 25.7 Å². The summed E-state index contributed by atoms with van der Waals surface area (Å²) < 4.78 is 37.2. The molecule has 0 amide bonds. The Labute approximate surface area is 98.4 Å². The molecule has 0 unspecified atom stereocenters. The van der Waals surface area contributed by atoms with Gasteiger partial charge in [0.2, 0.25) is 0 Å². The summed E-state index contributed by atoms with van der Waals surface area (Å²) in [6.45, 7) is 4.61. The van der Waals surface area contributed by atoms with Gasteiger partial charge in [0.1, 0.15) is 0 Å². The first-order valence-corrected chi connectivity index (χ1v) is 5.63. The van der Waals surface area contributed by atoms with E-state index in [0.29, 0.717) is 6.04 Å². The van der Waals surface area contributed by atoms with Crippen LogP contribution in [0.2, 0.25) is 0 Å². The van der Waals surface area contributed by atoms with Crippen molar-refractivity contribution in [3.05, 3.63) is 29.8 Å². The second-order valence-electron chi connectivity index (χ2n) is 4.29. The normalized spacial score (nSPS) is 21.6. The number of piperazine rings is 1. The second kappa shape index (κ2) is 4.56. The van der Waals surface area contributed by atoms with E-state index in [1.807, 2.05) is 0 Å². The monoisotopic (exact) mass is 244 g/mol. The van der Waals surface area contributed by atoms with E-state index in [0.717, 1.165) is 37.5 Å². The molecule has 1 N–H and O–H groups in total. The molecule has 1 saturated heterocycles. The third-order valence-corrected chi connectivity index (χ3v) is 3.03. The summed E-state index contributed by atoms with van der Waals surface area (Å²) in [5.41, 5.74) is 0.260. The summed E-state index contributed by atoms with van der Waals surface area (Å²) in [7, 11) is 0. The molecule has 17 heavy (non-hydrogen) atoms. The molecule has 0 bridgehead atoms. The first kappa shape index (κ1) is 12.2. The molecule has 0 aliphatic carbocycles. The smallest absolute Gasteiger partial charge is 0.366 e. The van der Waals surface area contributed by atoms with Crippen molar-refractivity contribution in [2.75, 3.05) is 24.5 Å². The predicted octanol–water partition coefficient (Wildman–Crippen LogP) is 2.50. The van der Waals surface area contributed by atoms with Crippen LogP contribution >= 0.6 is 0 Å². The number of halogens is 3. The summed E-state index contributed by atoms with van der Waals surface area (Å²) >= 11 is 0. The lowest BCUT2D eigenvalue weighted by molar-refractivity contribution is -0.137. The van der Waals surface area contributed by atoms with Crippen molar-refractivity contribution in [2.24, 2.45) is 0 Å². The van der Waals surface area contributed by atoms with Crippen molar-refractivity contribution in [1.29, 1.82) is 0 Å². The van der Waals surface area contributed by atoms with Gasteiger partial charge in [0, 0.05) is 31.4 Å². The number of nitrogens with one attached hydrogen (secondary N) is 1. The topological polar surface area (TPSA) is 15.3 Å². The molecule has 94 valence electrons. The van der Waals surface area contributed by atoms with E-state index in [4.69, 9.17) is 0 Å². The van der Waals surface area contributed by atoms with Crippen molar-refractivity contribution in [3.8, 4) is 0 Å². The first-order valence-electron chi connectivity index (χ1n) is 5.63. The van der Waals surface area contributed by atoms with Crippen LogP contribution < -0.4 is 10.2 Å². The van der Waals surface area contributed by atoms with E-state index in [-0.39, 0.29) is 0 Å². The van der Waals surface area contributed by atoms with Gasteiger partial charge in [0.25, 0.3) is 0 Å². The van der Waals surface area contributed by atoms with E-state index in [2.05, 4.69) is 17.1 Å². The average Bonchev–Trinajstić information content (AvgIpc) is 2.29. The molecular formula is C12H15F3N2. The predicted molar refractivity (Wildman–Crippen MR) is 61.1 cm³/mol. The Hall–Kier alpha value is -1.23. The summed E-state index contributed by atoms with van der Waals surface area (Å²) in [5.74, 6) is 0. The molecule has 1 aromatic carbocycles. The lowest BCUT2D eigenvalue weighted by Gasteiger charge is -2.36. The highest BCUT2D eigenvalue weighted by Crippen LogP contribution is 2.30. The number of anilines is 1. The van der Waals surface area contributed by atoms with E-state index < -0.39 is 11.7 Å². The molecule has 1 fully saturated rings. The zero-order chi connectivity index (χ0) is 12.5. The number of nitrogens with zero attached hydrogens (tertiary/aromatic N) is 1. The van der Waals surface area contributed by atoms with Gasteiger partial charge in [-0.2, -0.15) is 13.2 Å². The van der Waals surface area contributed by atoms with Crippen LogP contribution in [0.4, 0.5) is 18.9 Å². The van der Waals surface area contributed by atoms with E-state index >= 15 is 0 Å². The van der Waals surface area contributed by atoms with Crippen molar-refractivity contribution >= 4 is 5.69 Å². The maximum Gasteiger partial charge on any atom is 0.416 e. The van der Waals surface area contributed by atoms with Gasteiger partial charge in [0.05, 0.1) is 5.56 Å². The first-order chi connectivity index (χ1) is 7.98. The summed E-state index contributed by atoms with van der Waals surface area (Å²) in [6.07, 6.45) is -4.26. The molecule has 0 aromatic heterocycles. The summed E-state index contributed by atoms with van der Waals surface area (Å²) in [5, 5.41) is 3.25. The van der Waals surface area contributed by atoms with Crippen LogP contribution in [0.5, 0.6) is 0 Å². The van der Waals surface area contributed by atoms with Crippen LogP contribution in [0, 0.1) is 0 Å². The molecule has 1 aromatic rings. The number of hydrogen-bond acceptors (Lipinski definition) is 2. The van der Waals surface area contributed by atoms with Gasteiger partial charge in [-0.1, -0.05) is 0 Å². The van der Waals surface area contributed by atoms with Crippen molar-refractivity contribution in [1.82, 2.24) is 5.32 Å². The lowest BCUT2D eigenvalue weighted by Crippen LogP contribution is -2.49. The Balaban J connectivity index is 2.17. The van der Waals surface area contributed by atoms with Crippen molar-refractivity contribution in [3.63, 3.8) is 0 Å². The Morgan fingerprint density at radius 1 is 1.24 bits per heavy atom. The van der Waals surface area contributed by atoms with Gasteiger partial charge >= 0.3 is 6.18 Å². The molecule has 1 aliphatic rings. The molecule has 1 heterocycles. The highest BCUT2D eigenvalue weighted by molar-refractivity contribution is 5.49. The lowest BCUT2D eigenvalue weighted by atomic mass is 10.1. The summed E-state index contributed by atoms with van der Waals surface area (Å²) in [4.78, 5) is 2.12. The van der Waals surface area contributed by atoms with Gasteiger partial charge in [-0.3, -0.25) is 0 Å². The average molecular weight is 244 g/mol. The fourth-order valence-corrected chi connectivity index (χ4v) is 2.07. The number of rotatable bonds is 1. The molecule has 0 spiro atoms. The molecule has 5 heteroatoms. The van der Waals surface area contributed by atoms with E-state index in [1.165, 1.54) is 0 Å². The maximum atomic E-state index is 12.4. The minimum absolute atomic E-state index is 0.306. The number of hydrogen-bond donors (Lipinski definition) is 1. The minimum atomic E-state index is -4.26. The van der Waals surface area contributed by atoms with Gasteiger partial charge in [0.15, 0.2) is 0 Å². The molecule has 1 atom stereocenters. The molecule has 2 rings (SSSR count). The van der Waals surface area contributed by atoms with Gasteiger partial charge in [-0.15, -0.1) is 0 Å². The largest absolute Gasteiger partial charge is 0.416 e. The van der Waals surface area contributed by atoms with Crippen molar-refractivity contribution < 1.29 is 13.2 Å². The standard InChI is InChI=1S/C12H15F3N2/c1-9-8-16-6-7-17(9)11-4-2-10(3-5-11)12(13,14)15/h2-5,9,16H,6-8H2,1H3/t9-/m0/s1. The molecule has 2 nitrogen and oxygen atoms in total. The van der Waals surface area contributed by atoms with Crippen molar-refractivity contribution in [2.45, 2.75) is 19.1 Å². The Morgan fingerprint density at radius 3 is 2.41 bits per heavy atom. The quantitative estimate of drug-likeness (QED) is 0.816. The zero-order valence-electron chi connectivity index (χ0n) is 9.59. The van der Waals surface area contributed by atoms with Crippen LogP contribution in [0.1, 0.15) is 12.5 Å². The third-order valence-electron chi connectivity index (χ3n) is 3.03. The van der Waals surface area contributed by atoms with Gasteiger partial charge < -0.3 is 10.2 Å². The minimum Gasteiger partial charge on any atom is -0.366 e. The number of alkyl halides is 3. The molecule has 0 radical (unpaired) electrons. The fraction of sp³-hybridized carbons (Fsp3) is 0.500. The van der Waals surface area contributed by atoms with Crippen LogP contribution in [0.25, 0.3) is 0 Å². The van der Waals surface area contributed by atoms with Crippen LogP contribution in [-0.2, 0) is 6.18 Å². The Kier molecular flexibility index (Phi) is 3.28. The van der Waals surface area contributed by atoms with E-state index in [1.54, 1.807) is 12.1 Å². The Morgan fingerprint density at radius 2 is 1.88 bits per heavy atom. The van der Waals surface area contributed by atoms with Crippen LogP contribution in [0.15, 0.2) is 24.3 Å². The molecule has 1 aliphatic heterocycles. The maximum absolute atomic E-state index is 12.4. The van der Waals surface area contributed by atoms with Crippen LogP contribution in [0.3, 0.4) is 0 Å². The second-order valence-corrected chi connectivity index (χ2v) is 4.29.